The molecular weight excluding hydrogens is 415 g/mol. The van der Waals surface area contributed by atoms with Gasteiger partial charge in [-0.05, 0) is 35.9 Å². The number of methoxy groups -OCH3 is 1. The summed E-state index contributed by atoms with van der Waals surface area (Å²) in [4.78, 5) is 22.8. The lowest BCUT2D eigenvalue weighted by atomic mass is 10.1. The Labute approximate surface area is 170 Å². The van der Waals surface area contributed by atoms with Gasteiger partial charge in [-0.15, -0.1) is 0 Å². The molecule has 0 spiro atoms. The monoisotopic (exact) mass is 426 g/mol. The van der Waals surface area contributed by atoms with Gasteiger partial charge in [0.2, 0.25) is 0 Å². The number of halogens is 3. The molecule has 27 heavy (non-hydrogen) atoms. The first-order chi connectivity index (χ1) is 12.9. The number of amides is 3. The van der Waals surface area contributed by atoms with Crippen LogP contribution in [-0.4, -0.2) is 19.0 Å². The number of urea groups is 1. The summed E-state index contributed by atoms with van der Waals surface area (Å²) in [5.41, 5.74) is 1.40. The van der Waals surface area contributed by atoms with Crippen LogP contribution in [-0.2, 0) is 11.4 Å². The largest absolute Gasteiger partial charge is 0.493 e. The maximum absolute atomic E-state index is 11.6. The quantitative estimate of drug-likeness (QED) is 0.547. The van der Waals surface area contributed by atoms with Crippen molar-refractivity contribution < 1.29 is 19.1 Å². The van der Waals surface area contributed by atoms with Crippen LogP contribution in [0.3, 0.4) is 0 Å². The van der Waals surface area contributed by atoms with Gasteiger partial charge < -0.3 is 14.8 Å². The molecular formula is C18H13Cl3N2O4. The molecule has 3 amide bonds. The molecule has 2 N–H and O–H groups in total. The molecule has 6 nitrogen and oxygen atoms in total. The van der Waals surface area contributed by atoms with Crippen molar-refractivity contribution in [2.45, 2.75) is 6.61 Å². The van der Waals surface area contributed by atoms with E-state index in [1.807, 2.05) is 0 Å². The second-order valence-electron chi connectivity index (χ2n) is 5.52. The minimum atomic E-state index is -0.580. The number of nitrogens with one attached hydrogen (secondary N) is 2. The number of benzene rings is 2. The minimum Gasteiger partial charge on any atom is -0.493 e. The van der Waals surface area contributed by atoms with Crippen molar-refractivity contribution in [1.82, 2.24) is 10.6 Å². The maximum atomic E-state index is 11.6. The highest BCUT2D eigenvalue weighted by molar-refractivity contribution is 6.35. The van der Waals surface area contributed by atoms with Crippen LogP contribution in [0.15, 0.2) is 36.0 Å². The molecule has 0 aliphatic carbocycles. The van der Waals surface area contributed by atoms with Crippen molar-refractivity contribution >= 4 is 52.8 Å². The summed E-state index contributed by atoms with van der Waals surface area (Å²) in [5.74, 6) is 0.171. The van der Waals surface area contributed by atoms with Crippen LogP contribution in [0, 0.1) is 0 Å². The summed E-state index contributed by atoms with van der Waals surface area (Å²) in [6, 6.07) is 7.73. The molecule has 2 aromatic rings. The summed E-state index contributed by atoms with van der Waals surface area (Å²) in [6.45, 7) is 0.158. The lowest BCUT2D eigenvalue weighted by molar-refractivity contribution is -0.115. The molecule has 0 aromatic heterocycles. The Balaban J connectivity index is 1.85. The number of hydrogen-bond acceptors (Lipinski definition) is 4. The van der Waals surface area contributed by atoms with Gasteiger partial charge in [0.05, 0.1) is 12.1 Å². The number of carbonyl (C=O) groups is 2. The smallest absolute Gasteiger partial charge is 0.326 e. The molecule has 1 aliphatic rings. The summed E-state index contributed by atoms with van der Waals surface area (Å²) in [7, 11) is 1.47. The van der Waals surface area contributed by atoms with E-state index < -0.39 is 11.9 Å². The van der Waals surface area contributed by atoms with Crippen LogP contribution in [0.4, 0.5) is 4.79 Å². The summed E-state index contributed by atoms with van der Waals surface area (Å²) in [6.07, 6.45) is 1.48. The third kappa shape index (κ3) is 4.47. The van der Waals surface area contributed by atoms with Gasteiger partial charge in [-0.25, -0.2) is 4.79 Å². The second kappa shape index (κ2) is 8.08. The fourth-order valence-corrected chi connectivity index (χ4v) is 3.14. The van der Waals surface area contributed by atoms with Crippen LogP contribution in [0.5, 0.6) is 11.5 Å². The van der Waals surface area contributed by atoms with E-state index in [-0.39, 0.29) is 17.3 Å². The van der Waals surface area contributed by atoms with Crippen molar-refractivity contribution in [3.05, 3.63) is 62.2 Å². The molecule has 0 bridgehead atoms. The fourth-order valence-electron chi connectivity index (χ4n) is 2.40. The highest BCUT2D eigenvalue weighted by atomic mass is 35.5. The summed E-state index contributed by atoms with van der Waals surface area (Å²) in [5, 5.41) is 5.80. The van der Waals surface area contributed by atoms with Gasteiger partial charge in [-0.2, -0.15) is 0 Å². The minimum absolute atomic E-state index is 0.111. The summed E-state index contributed by atoms with van der Waals surface area (Å²) >= 11 is 18.4. The highest BCUT2D eigenvalue weighted by Crippen LogP contribution is 2.38. The van der Waals surface area contributed by atoms with Crippen LogP contribution >= 0.6 is 34.8 Å². The maximum Gasteiger partial charge on any atom is 0.326 e. The number of ether oxygens (including phenoxy) is 2. The standard InChI is InChI=1S/C18H13Cl3N2O4/c1-26-15-6-9(5-14-17(24)23-18(25)22-14)4-13(21)16(15)27-8-10-2-3-11(19)7-12(10)20/h2-7H,8H2,1H3,(H2,22,23,24,25)/b14-5+. The Hall–Kier alpha value is -2.41. The molecule has 9 heteroatoms. The normalized spacial score (nSPS) is 14.9. The molecule has 0 radical (unpaired) electrons. The van der Waals surface area contributed by atoms with Gasteiger partial charge in [-0.1, -0.05) is 40.9 Å². The van der Waals surface area contributed by atoms with E-state index >= 15 is 0 Å². The van der Waals surface area contributed by atoms with Crippen LogP contribution in [0.1, 0.15) is 11.1 Å². The molecule has 140 valence electrons. The van der Waals surface area contributed by atoms with Gasteiger partial charge in [0, 0.05) is 15.6 Å². The van der Waals surface area contributed by atoms with Crippen molar-refractivity contribution in [2.75, 3.05) is 7.11 Å². The van der Waals surface area contributed by atoms with Crippen molar-refractivity contribution in [2.24, 2.45) is 0 Å². The zero-order chi connectivity index (χ0) is 19.6. The number of carbonyl (C=O) groups excluding carboxylic acids is 2. The molecule has 0 saturated carbocycles. The highest BCUT2D eigenvalue weighted by Gasteiger charge is 2.23. The van der Waals surface area contributed by atoms with E-state index in [9.17, 15) is 9.59 Å². The number of imide groups is 1. The molecule has 1 fully saturated rings. The van der Waals surface area contributed by atoms with E-state index in [0.29, 0.717) is 27.1 Å². The van der Waals surface area contributed by atoms with E-state index in [0.717, 1.165) is 5.56 Å². The van der Waals surface area contributed by atoms with E-state index in [2.05, 4.69) is 10.6 Å². The van der Waals surface area contributed by atoms with Crippen LogP contribution < -0.4 is 20.1 Å². The first-order valence-corrected chi connectivity index (χ1v) is 8.79. The zero-order valence-corrected chi connectivity index (χ0v) is 16.2. The molecule has 1 aliphatic heterocycles. The molecule has 0 unspecified atom stereocenters. The Morgan fingerprint density at radius 2 is 1.81 bits per heavy atom. The number of hydrogen-bond donors (Lipinski definition) is 2. The molecule has 1 heterocycles. The van der Waals surface area contributed by atoms with Gasteiger partial charge in [-0.3, -0.25) is 10.1 Å². The van der Waals surface area contributed by atoms with Crippen molar-refractivity contribution in [3.8, 4) is 11.5 Å². The Morgan fingerprint density at radius 3 is 2.44 bits per heavy atom. The predicted octanol–water partition coefficient (Wildman–Crippen LogP) is 4.41. The third-order valence-corrected chi connectivity index (χ3v) is 4.54. The second-order valence-corrected chi connectivity index (χ2v) is 6.78. The molecule has 2 aromatic carbocycles. The fraction of sp³-hybridized carbons (Fsp3) is 0.111. The SMILES string of the molecule is COc1cc(/C=C2/NC(=O)NC2=O)cc(Cl)c1OCc1ccc(Cl)cc1Cl. The number of rotatable bonds is 5. The van der Waals surface area contributed by atoms with Gasteiger partial charge in [0.1, 0.15) is 12.3 Å². The Bertz CT molecular complexity index is 960. The first kappa shape index (κ1) is 19.4. The van der Waals surface area contributed by atoms with Gasteiger partial charge >= 0.3 is 6.03 Å². The van der Waals surface area contributed by atoms with Crippen LogP contribution in [0.25, 0.3) is 6.08 Å². The predicted molar refractivity (Wildman–Crippen MR) is 103 cm³/mol. The summed E-state index contributed by atoms with van der Waals surface area (Å²) < 4.78 is 11.1. The van der Waals surface area contributed by atoms with E-state index in [1.54, 1.807) is 30.3 Å². The lowest BCUT2D eigenvalue weighted by Gasteiger charge is -2.14. The van der Waals surface area contributed by atoms with Crippen molar-refractivity contribution in [1.29, 1.82) is 0 Å². The molecule has 1 saturated heterocycles. The average Bonchev–Trinajstić information content (AvgIpc) is 2.92. The van der Waals surface area contributed by atoms with E-state index in [1.165, 1.54) is 13.2 Å². The third-order valence-electron chi connectivity index (χ3n) is 3.67. The molecule has 0 atom stereocenters. The first-order valence-electron chi connectivity index (χ1n) is 7.65. The van der Waals surface area contributed by atoms with Crippen molar-refractivity contribution in [3.63, 3.8) is 0 Å². The topological polar surface area (TPSA) is 76.7 Å². The molecule has 3 rings (SSSR count). The average molecular weight is 428 g/mol. The Kier molecular flexibility index (Phi) is 5.79. The Morgan fingerprint density at radius 1 is 1.04 bits per heavy atom. The lowest BCUT2D eigenvalue weighted by Crippen LogP contribution is -2.22. The zero-order valence-electron chi connectivity index (χ0n) is 13.9. The van der Waals surface area contributed by atoms with E-state index in [4.69, 9.17) is 44.3 Å². The van der Waals surface area contributed by atoms with Gasteiger partial charge in [0.15, 0.2) is 11.5 Å². The van der Waals surface area contributed by atoms with Crippen LogP contribution in [0.2, 0.25) is 15.1 Å². The van der Waals surface area contributed by atoms with Gasteiger partial charge in [0.25, 0.3) is 5.91 Å².